The lowest BCUT2D eigenvalue weighted by Gasteiger charge is -2.18. The van der Waals surface area contributed by atoms with Gasteiger partial charge in [-0.25, -0.2) is 13.8 Å². The molecular weight excluding hydrogens is 262 g/mol. The van der Waals surface area contributed by atoms with Crippen molar-refractivity contribution in [2.24, 2.45) is 5.84 Å². The van der Waals surface area contributed by atoms with Crippen LogP contribution in [0.25, 0.3) is 0 Å². The third kappa shape index (κ3) is 2.86. The van der Waals surface area contributed by atoms with E-state index in [1.165, 1.54) is 6.07 Å². The van der Waals surface area contributed by atoms with Gasteiger partial charge in [0.1, 0.15) is 17.5 Å². The smallest absolute Gasteiger partial charge is 0.130 e. The van der Waals surface area contributed by atoms with Crippen LogP contribution in [0.15, 0.2) is 24.5 Å². The minimum atomic E-state index is -0.606. The molecule has 0 fully saturated rings. The summed E-state index contributed by atoms with van der Waals surface area (Å²) >= 11 is 0. The topological polar surface area (TPSA) is 55.9 Å². The van der Waals surface area contributed by atoms with Gasteiger partial charge < -0.3 is 4.57 Å². The lowest BCUT2D eigenvalue weighted by Crippen LogP contribution is -2.31. The highest BCUT2D eigenvalue weighted by atomic mass is 19.1. The molecule has 0 saturated carbocycles. The molecule has 1 unspecified atom stereocenters. The van der Waals surface area contributed by atoms with Gasteiger partial charge in [-0.2, -0.15) is 0 Å². The molecule has 0 saturated heterocycles. The maximum atomic E-state index is 13.9. The highest BCUT2D eigenvalue weighted by molar-refractivity contribution is 5.28. The highest BCUT2D eigenvalue weighted by Gasteiger charge is 2.19. The Morgan fingerprint density at radius 2 is 2.10 bits per heavy atom. The number of nitrogens with two attached hydrogens (primary N) is 1. The Morgan fingerprint density at radius 3 is 2.75 bits per heavy atom. The average molecular weight is 280 g/mol. The summed E-state index contributed by atoms with van der Waals surface area (Å²) in [5.74, 6) is 5.16. The van der Waals surface area contributed by atoms with Crippen LogP contribution in [0, 0.1) is 18.6 Å². The number of nitrogens with zero attached hydrogens (tertiary/aromatic N) is 2. The molecule has 0 bridgehead atoms. The second-order valence-corrected chi connectivity index (χ2v) is 4.68. The van der Waals surface area contributed by atoms with E-state index in [2.05, 4.69) is 10.4 Å². The Bertz CT molecular complexity index is 595. The van der Waals surface area contributed by atoms with Crippen LogP contribution in [0.4, 0.5) is 8.78 Å². The van der Waals surface area contributed by atoms with E-state index in [0.717, 1.165) is 18.4 Å². The van der Waals surface area contributed by atoms with Crippen molar-refractivity contribution in [2.45, 2.75) is 32.9 Å². The number of imidazole rings is 1. The Hall–Kier alpha value is -1.79. The number of halogens is 2. The van der Waals surface area contributed by atoms with Crippen molar-refractivity contribution in [3.63, 3.8) is 0 Å². The van der Waals surface area contributed by atoms with Gasteiger partial charge in [-0.15, -0.1) is 0 Å². The minimum Gasteiger partial charge on any atom is -0.335 e. The molecule has 20 heavy (non-hydrogen) atoms. The van der Waals surface area contributed by atoms with Crippen molar-refractivity contribution in [3.8, 4) is 0 Å². The molecule has 108 valence electrons. The van der Waals surface area contributed by atoms with Gasteiger partial charge in [0.15, 0.2) is 0 Å². The summed E-state index contributed by atoms with van der Waals surface area (Å²) in [7, 11) is 0. The van der Waals surface area contributed by atoms with E-state index in [0.29, 0.717) is 17.5 Å². The molecule has 0 aliphatic carbocycles. The van der Waals surface area contributed by atoms with Crippen LogP contribution in [0.5, 0.6) is 0 Å². The Labute approximate surface area is 116 Å². The number of aromatic nitrogens is 2. The van der Waals surface area contributed by atoms with Crippen LogP contribution < -0.4 is 11.3 Å². The van der Waals surface area contributed by atoms with Gasteiger partial charge in [0.2, 0.25) is 0 Å². The van der Waals surface area contributed by atoms with Crippen molar-refractivity contribution in [3.05, 3.63) is 53.1 Å². The summed E-state index contributed by atoms with van der Waals surface area (Å²) < 4.78 is 29.2. The zero-order valence-electron chi connectivity index (χ0n) is 11.5. The van der Waals surface area contributed by atoms with Crippen LogP contribution in [-0.4, -0.2) is 9.55 Å². The summed E-state index contributed by atoms with van der Waals surface area (Å²) in [4.78, 5) is 4.24. The van der Waals surface area contributed by atoms with Crippen LogP contribution in [0.1, 0.15) is 29.9 Å². The molecule has 4 nitrogen and oxygen atoms in total. The zero-order valence-corrected chi connectivity index (χ0v) is 11.5. The lowest BCUT2D eigenvalue weighted by molar-refractivity contribution is 0.485. The number of aryl methyl sites for hydroxylation is 2. The van der Waals surface area contributed by atoms with Gasteiger partial charge in [0.05, 0.1) is 6.04 Å². The first kappa shape index (κ1) is 14.6. The van der Waals surface area contributed by atoms with E-state index in [1.54, 1.807) is 13.1 Å². The van der Waals surface area contributed by atoms with Crippen LogP contribution in [0.2, 0.25) is 0 Å². The minimum absolute atomic E-state index is 0.344. The van der Waals surface area contributed by atoms with Crippen LogP contribution in [-0.2, 0) is 13.0 Å². The zero-order chi connectivity index (χ0) is 14.7. The first-order valence-corrected chi connectivity index (χ1v) is 6.48. The summed E-state index contributed by atoms with van der Waals surface area (Å²) in [5, 5.41) is 0. The Balaban J connectivity index is 2.31. The average Bonchev–Trinajstić information content (AvgIpc) is 2.87. The summed E-state index contributed by atoms with van der Waals surface area (Å²) in [6, 6.07) is 1.91. The SMILES string of the molecule is CCn1ccnc1CC(NN)c1cc(C)c(F)cc1F. The quantitative estimate of drug-likeness (QED) is 0.652. The van der Waals surface area contributed by atoms with Gasteiger partial charge in [0.25, 0.3) is 0 Å². The fraction of sp³-hybridized carbons (Fsp3) is 0.357. The number of hydrogen-bond donors (Lipinski definition) is 2. The number of nitrogens with one attached hydrogen (secondary N) is 1. The molecule has 2 rings (SSSR count). The predicted octanol–water partition coefficient (Wildman–Crippen LogP) is 2.24. The van der Waals surface area contributed by atoms with Crippen LogP contribution in [0.3, 0.4) is 0 Å². The number of benzene rings is 1. The molecule has 0 spiro atoms. The molecule has 6 heteroatoms. The lowest BCUT2D eigenvalue weighted by atomic mass is 10.0. The first-order chi connectivity index (χ1) is 9.56. The third-order valence-electron chi connectivity index (χ3n) is 3.38. The van der Waals surface area contributed by atoms with E-state index in [4.69, 9.17) is 5.84 Å². The molecule has 0 aliphatic heterocycles. The van der Waals surface area contributed by atoms with E-state index in [1.807, 2.05) is 17.7 Å². The molecular formula is C14H18F2N4. The van der Waals surface area contributed by atoms with Crippen molar-refractivity contribution in [1.82, 2.24) is 15.0 Å². The monoisotopic (exact) mass is 280 g/mol. The standard InChI is InChI=1S/C14H18F2N4/c1-3-20-5-4-18-14(20)8-13(19-17)10-6-9(2)11(15)7-12(10)16/h4-7,13,19H,3,8,17H2,1-2H3. The van der Waals surface area contributed by atoms with E-state index in [-0.39, 0.29) is 0 Å². The third-order valence-corrected chi connectivity index (χ3v) is 3.38. The molecule has 3 N–H and O–H groups in total. The second kappa shape index (κ2) is 6.11. The maximum Gasteiger partial charge on any atom is 0.130 e. The highest BCUT2D eigenvalue weighted by Crippen LogP contribution is 2.23. The van der Waals surface area contributed by atoms with Gasteiger partial charge in [-0.05, 0) is 25.5 Å². The largest absolute Gasteiger partial charge is 0.335 e. The molecule has 1 aromatic heterocycles. The second-order valence-electron chi connectivity index (χ2n) is 4.68. The van der Waals surface area contributed by atoms with Gasteiger partial charge >= 0.3 is 0 Å². The van der Waals surface area contributed by atoms with Crippen molar-refractivity contribution < 1.29 is 8.78 Å². The Kier molecular flexibility index (Phi) is 4.46. The van der Waals surface area contributed by atoms with Crippen molar-refractivity contribution in [1.29, 1.82) is 0 Å². The van der Waals surface area contributed by atoms with E-state index < -0.39 is 17.7 Å². The van der Waals surface area contributed by atoms with E-state index in [9.17, 15) is 8.78 Å². The molecule has 0 amide bonds. The number of rotatable bonds is 5. The molecule has 2 aromatic rings. The Morgan fingerprint density at radius 1 is 1.35 bits per heavy atom. The van der Waals surface area contributed by atoms with E-state index >= 15 is 0 Å². The summed E-state index contributed by atoms with van der Waals surface area (Å²) in [6.07, 6.45) is 3.98. The van der Waals surface area contributed by atoms with Gasteiger partial charge in [-0.1, -0.05) is 0 Å². The first-order valence-electron chi connectivity index (χ1n) is 6.48. The predicted molar refractivity (Wildman–Crippen MR) is 72.8 cm³/mol. The number of hydrogen-bond acceptors (Lipinski definition) is 3. The fourth-order valence-corrected chi connectivity index (χ4v) is 2.21. The van der Waals surface area contributed by atoms with Gasteiger partial charge in [-0.3, -0.25) is 11.3 Å². The maximum absolute atomic E-state index is 13.9. The van der Waals surface area contributed by atoms with Crippen molar-refractivity contribution >= 4 is 0 Å². The summed E-state index contributed by atoms with van der Waals surface area (Å²) in [6.45, 7) is 4.37. The molecule has 0 radical (unpaired) electrons. The molecule has 0 aliphatic rings. The van der Waals surface area contributed by atoms with Crippen molar-refractivity contribution in [2.75, 3.05) is 0 Å². The fourth-order valence-electron chi connectivity index (χ4n) is 2.21. The number of hydrazine groups is 1. The molecule has 1 atom stereocenters. The molecule has 1 heterocycles. The molecule has 1 aromatic carbocycles. The van der Waals surface area contributed by atoms with Crippen LogP contribution >= 0.6 is 0 Å². The normalized spacial score (nSPS) is 12.7. The summed E-state index contributed by atoms with van der Waals surface area (Å²) in [5.41, 5.74) is 3.31. The van der Waals surface area contributed by atoms with Gasteiger partial charge in [0, 0.05) is 37.0 Å².